The molecule has 0 amide bonds. The average molecular weight is 363 g/mol. The minimum absolute atomic E-state index is 0.112. The zero-order valence-corrected chi connectivity index (χ0v) is 14.1. The van der Waals surface area contributed by atoms with Crippen LogP contribution in [0.2, 0.25) is 10.0 Å². The molecule has 0 aliphatic rings. The lowest BCUT2D eigenvalue weighted by atomic mass is 10.2. The van der Waals surface area contributed by atoms with Gasteiger partial charge < -0.3 is 4.74 Å². The van der Waals surface area contributed by atoms with E-state index in [0.717, 1.165) is 5.69 Å². The first kappa shape index (κ1) is 16.5. The molecule has 5 nitrogen and oxygen atoms in total. The van der Waals surface area contributed by atoms with Crippen LogP contribution in [0.15, 0.2) is 47.3 Å². The molecule has 0 N–H and O–H groups in total. The normalized spacial score (nSPS) is 10.8. The molecule has 24 heavy (non-hydrogen) atoms. The Bertz CT molecular complexity index is 999. The van der Waals surface area contributed by atoms with E-state index in [2.05, 4.69) is 4.98 Å². The second-order valence-corrected chi connectivity index (χ2v) is 5.97. The Morgan fingerprint density at radius 2 is 1.96 bits per heavy atom. The molecule has 2 aromatic heterocycles. The monoisotopic (exact) mass is 362 g/mol. The number of hydrogen-bond donors (Lipinski definition) is 0. The van der Waals surface area contributed by atoms with Crippen molar-refractivity contribution < 1.29 is 9.53 Å². The van der Waals surface area contributed by atoms with E-state index in [4.69, 9.17) is 27.9 Å². The van der Waals surface area contributed by atoms with E-state index >= 15 is 0 Å². The fourth-order valence-corrected chi connectivity index (χ4v) is 2.58. The molecule has 3 rings (SSSR count). The van der Waals surface area contributed by atoms with Crippen molar-refractivity contribution in [1.82, 2.24) is 9.38 Å². The lowest BCUT2D eigenvalue weighted by molar-refractivity contribution is 0.0467. The molecular formula is C17H12Cl2N2O3. The van der Waals surface area contributed by atoms with E-state index in [1.54, 1.807) is 6.07 Å². The highest BCUT2D eigenvalue weighted by Crippen LogP contribution is 2.23. The largest absolute Gasteiger partial charge is 0.456 e. The Hall–Kier alpha value is -2.37. The summed E-state index contributed by atoms with van der Waals surface area (Å²) in [5, 5.41) is 0.622. The number of carbonyl (C=O) groups is 1. The first-order valence-electron chi connectivity index (χ1n) is 7.06. The summed E-state index contributed by atoms with van der Waals surface area (Å²) in [7, 11) is 0. The number of nitrogens with zero attached hydrogens (tertiary/aromatic N) is 2. The maximum absolute atomic E-state index is 12.2. The topological polar surface area (TPSA) is 60.7 Å². The minimum Gasteiger partial charge on any atom is -0.456 e. The zero-order valence-electron chi connectivity index (χ0n) is 12.6. The minimum atomic E-state index is -0.570. The van der Waals surface area contributed by atoms with Crippen LogP contribution in [0.5, 0.6) is 0 Å². The number of halogens is 2. The smallest absolute Gasteiger partial charge is 0.338 e. The predicted molar refractivity (Wildman–Crippen MR) is 91.8 cm³/mol. The van der Waals surface area contributed by atoms with Crippen LogP contribution in [0.25, 0.3) is 5.65 Å². The van der Waals surface area contributed by atoms with Crippen molar-refractivity contribution in [2.45, 2.75) is 13.5 Å². The Kier molecular flexibility index (Phi) is 4.55. The van der Waals surface area contributed by atoms with Gasteiger partial charge in [-0.1, -0.05) is 29.3 Å². The van der Waals surface area contributed by atoms with E-state index in [0.29, 0.717) is 16.4 Å². The predicted octanol–water partition coefficient (Wildman–Crippen LogP) is 3.67. The zero-order chi connectivity index (χ0) is 17.3. The van der Waals surface area contributed by atoms with Gasteiger partial charge in [-0.25, -0.2) is 9.78 Å². The number of esters is 1. The van der Waals surface area contributed by atoms with Gasteiger partial charge in [0.2, 0.25) is 0 Å². The number of hydrogen-bond acceptors (Lipinski definition) is 4. The summed E-state index contributed by atoms with van der Waals surface area (Å²) >= 11 is 11.7. The molecule has 0 spiro atoms. The van der Waals surface area contributed by atoms with Gasteiger partial charge in [0.25, 0.3) is 5.56 Å². The number of benzene rings is 1. The van der Waals surface area contributed by atoms with Crippen molar-refractivity contribution in [3.8, 4) is 0 Å². The molecule has 1 aromatic carbocycles. The first-order valence-corrected chi connectivity index (χ1v) is 7.82. The summed E-state index contributed by atoms with van der Waals surface area (Å²) in [5.74, 6) is -0.570. The van der Waals surface area contributed by atoms with Crippen molar-refractivity contribution in [1.29, 1.82) is 0 Å². The van der Waals surface area contributed by atoms with Gasteiger partial charge in [0.15, 0.2) is 0 Å². The summed E-state index contributed by atoms with van der Waals surface area (Å²) < 4.78 is 6.68. The highest BCUT2D eigenvalue weighted by molar-refractivity contribution is 6.42. The van der Waals surface area contributed by atoms with Crippen molar-refractivity contribution in [3.05, 3.63) is 79.8 Å². The molecular weight excluding hydrogens is 351 g/mol. The number of aryl methyl sites for hydroxylation is 1. The molecule has 0 bridgehead atoms. The quantitative estimate of drug-likeness (QED) is 0.667. The van der Waals surface area contributed by atoms with Gasteiger partial charge in [-0.2, -0.15) is 0 Å². The van der Waals surface area contributed by atoms with Crippen LogP contribution < -0.4 is 5.56 Å². The maximum Gasteiger partial charge on any atom is 0.338 e. The highest BCUT2D eigenvalue weighted by Gasteiger charge is 2.11. The fraction of sp³-hybridized carbons (Fsp3) is 0.118. The van der Waals surface area contributed by atoms with Crippen LogP contribution in [0.3, 0.4) is 0 Å². The van der Waals surface area contributed by atoms with Crippen LogP contribution in [-0.2, 0) is 11.3 Å². The third-order valence-corrected chi connectivity index (χ3v) is 4.18. The van der Waals surface area contributed by atoms with Gasteiger partial charge in [-0.3, -0.25) is 9.20 Å². The van der Waals surface area contributed by atoms with Crippen LogP contribution in [-0.4, -0.2) is 15.4 Å². The lowest BCUT2D eigenvalue weighted by Crippen LogP contribution is -2.18. The molecule has 7 heteroatoms. The summed E-state index contributed by atoms with van der Waals surface area (Å²) in [6.45, 7) is 1.71. The van der Waals surface area contributed by atoms with Crippen molar-refractivity contribution in [2.75, 3.05) is 0 Å². The lowest BCUT2D eigenvalue weighted by Gasteiger charge is -2.08. The van der Waals surface area contributed by atoms with Crippen LogP contribution in [0.4, 0.5) is 0 Å². The SMILES string of the molecule is Cc1cccc2nc(COC(=O)c3ccc(Cl)c(Cl)c3)cc(=O)n12. The van der Waals surface area contributed by atoms with E-state index in [-0.39, 0.29) is 22.8 Å². The first-order chi connectivity index (χ1) is 11.5. The van der Waals surface area contributed by atoms with Crippen molar-refractivity contribution in [3.63, 3.8) is 0 Å². The molecule has 0 aliphatic heterocycles. The standard InChI is InChI=1S/C17H12Cl2N2O3/c1-10-3-2-4-15-20-12(8-16(22)21(10)15)9-24-17(23)11-5-6-13(18)14(19)7-11/h2-8H,9H2,1H3. The third-order valence-electron chi connectivity index (χ3n) is 3.44. The summed E-state index contributed by atoms with van der Waals surface area (Å²) in [6.07, 6.45) is 0. The number of aromatic nitrogens is 2. The van der Waals surface area contributed by atoms with E-state index < -0.39 is 5.97 Å². The number of rotatable bonds is 3. The number of ether oxygens (including phenoxy) is 1. The molecule has 122 valence electrons. The van der Waals surface area contributed by atoms with Crippen LogP contribution in [0.1, 0.15) is 21.7 Å². The molecule has 0 atom stereocenters. The summed E-state index contributed by atoms with van der Waals surface area (Å²) in [4.78, 5) is 28.5. The van der Waals surface area contributed by atoms with Gasteiger partial charge >= 0.3 is 5.97 Å². The Morgan fingerprint density at radius 1 is 1.17 bits per heavy atom. The van der Waals surface area contributed by atoms with Crippen molar-refractivity contribution >= 4 is 34.8 Å². The highest BCUT2D eigenvalue weighted by atomic mass is 35.5. The number of fused-ring (bicyclic) bond motifs is 1. The van der Waals surface area contributed by atoms with Gasteiger partial charge in [0.1, 0.15) is 12.3 Å². The van der Waals surface area contributed by atoms with Crippen LogP contribution >= 0.6 is 23.2 Å². The molecule has 0 saturated carbocycles. The Morgan fingerprint density at radius 3 is 2.71 bits per heavy atom. The van der Waals surface area contributed by atoms with Gasteiger partial charge in [0, 0.05) is 11.8 Å². The number of carbonyl (C=O) groups excluding carboxylic acids is 1. The van der Waals surface area contributed by atoms with Gasteiger partial charge in [0.05, 0.1) is 21.3 Å². The van der Waals surface area contributed by atoms with E-state index in [1.165, 1.54) is 28.7 Å². The molecule has 0 saturated heterocycles. The van der Waals surface area contributed by atoms with E-state index in [9.17, 15) is 9.59 Å². The van der Waals surface area contributed by atoms with Crippen molar-refractivity contribution in [2.24, 2.45) is 0 Å². The maximum atomic E-state index is 12.2. The molecule has 2 heterocycles. The molecule has 0 fully saturated rings. The van der Waals surface area contributed by atoms with Crippen LogP contribution in [0, 0.1) is 6.92 Å². The summed E-state index contributed by atoms with van der Waals surface area (Å²) in [5.41, 5.74) is 1.71. The molecule has 0 unspecified atom stereocenters. The Balaban J connectivity index is 1.81. The second kappa shape index (κ2) is 6.63. The Labute approximate surface area is 147 Å². The van der Waals surface area contributed by atoms with E-state index in [1.807, 2.05) is 19.1 Å². The van der Waals surface area contributed by atoms with Gasteiger partial charge in [-0.05, 0) is 37.3 Å². The fourth-order valence-electron chi connectivity index (χ4n) is 2.28. The molecule has 3 aromatic rings. The molecule has 0 aliphatic carbocycles. The summed E-state index contributed by atoms with van der Waals surface area (Å²) in [6, 6.07) is 11.2. The van der Waals surface area contributed by atoms with Gasteiger partial charge in [-0.15, -0.1) is 0 Å². The average Bonchev–Trinajstić information content (AvgIpc) is 2.55. The molecule has 0 radical (unpaired) electrons. The number of pyridine rings is 1. The third kappa shape index (κ3) is 3.27. The second-order valence-electron chi connectivity index (χ2n) is 5.15.